The first-order valence-corrected chi connectivity index (χ1v) is 5.63. The minimum absolute atomic E-state index is 0.0179. The molecule has 2 aromatic rings. The highest BCUT2D eigenvalue weighted by Gasteiger charge is 2.23. The van der Waals surface area contributed by atoms with Crippen molar-refractivity contribution in [3.8, 4) is 0 Å². The molecule has 102 valence electrons. The third kappa shape index (κ3) is 2.55. The van der Waals surface area contributed by atoms with Gasteiger partial charge in [0.1, 0.15) is 6.10 Å². The van der Waals surface area contributed by atoms with Crippen LogP contribution in [0.3, 0.4) is 0 Å². The largest absolute Gasteiger partial charge is 0.396 e. The fourth-order valence-electron chi connectivity index (χ4n) is 1.89. The number of nitrogens with zero attached hydrogens (tertiary/aromatic N) is 2. The van der Waals surface area contributed by atoms with Crippen molar-refractivity contribution in [1.82, 2.24) is 10.2 Å². The van der Waals surface area contributed by atoms with Crippen molar-refractivity contribution in [3.05, 3.63) is 34.0 Å². The molecule has 0 spiro atoms. The van der Waals surface area contributed by atoms with Crippen molar-refractivity contribution in [2.24, 2.45) is 0 Å². The fourth-order valence-corrected chi connectivity index (χ4v) is 1.89. The van der Waals surface area contributed by atoms with Gasteiger partial charge in [-0.1, -0.05) is 0 Å². The molecule has 8 nitrogen and oxygen atoms in total. The number of hydrogen-bond donors (Lipinski definition) is 4. The summed E-state index contributed by atoms with van der Waals surface area (Å²) in [7, 11) is 0. The average molecular weight is 267 g/mol. The minimum Gasteiger partial charge on any atom is -0.396 e. The number of benzene rings is 1. The van der Waals surface area contributed by atoms with Gasteiger partial charge in [0.15, 0.2) is 0 Å². The topological polar surface area (TPSA) is 133 Å². The second kappa shape index (κ2) is 5.31. The van der Waals surface area contributed by atoms with Gasteiger partial charge >= 0.3 is 0 Å². The van der Waals surface area contributed by atoms with Crippen molar-refractivity contribution in [2.45, 2.75) is 18.6 Å². The van der Waals surface area contributed by atoms with E-state index >= 15 is 0 Å². The number of hydrogen-bond acceptors (Lipinski definition) is 6. The average Bonchev–Trinajstić information content (AvgIpc) is 2.84. The molecule has 0 aliphatic carbocycles. The Hall–Kier alpha value is -2.03. The smallest absolute Gasteiger partial charge is 0.280 e. The van der Waals surface area contributed by atoms with E-state index in [2.05, 4.69) is 10.2 Å². The normalized spacial score (nSPS) is 14.5. The number of non-ortho nitro benzene ring substituents is 1. The highest BCUT2D eigenvalue weighted by molar-refractivity contribution is 5.88. The first-order chi connectivity index (χ1) is 9.04. The Bertz CT molecular complexity index is 597. The summed E-state index contributed by atoms with van der Waals surface area (Å²) in [6.45, 7) is -0.285. The summed E-state index contributed by atoms with van der Waals surface area (Å²) < 4.78 is 0. The highest BCUT2D eigenvalue weighted by Crippen LogP contribution is 2.30. The number of fused-ring (bicyclic) bond motifs is 1. The number of nitro groups is 1. The lowest BCUT2D eigenvalue weighted by Gasteiger charge is -2.17. The molecule has 8 heteroatoms. The lowest BCUT2D eigenvalue weighted by molar-refractivity contribution is -0.383. The number of rotatable bonds is 5. The van der Waals surface area contributed by atoms with Gasteiger partial charge in [0.25, 0.3) is 5.69 Å². The zero-order valence-corrected chi connectivity index (χ0v) is 9.85. The molecule has 0 saturated heterocycles. The molecule has 1 aromatic heterocycles. The quantitative estimate of drug-likeness (QED) is 0.453. The van der Waals surface area contributed by atoms with Gasteiger partial charge in [0, 0.05) is 12.7 Å². The number of nitro benzene ring substituents is 1. The van der Waals surface area contributed by atoms with Crippen LogP contribution in [0.1, 0.15) is 18.1 Å². The lowest BCUT2D eigenvalue weighted by Crippen LogP contribution is -2.19. The molecule has 0 saturated carbocycles. The number of aliphatic hydroxyl groups excluding tert-OH is 3. The molecule has 2 unspecified atom stereocenters. The maximum Gasteiger partial charge on any atom is 0.280 e. The molecule has 2 rings (SSSR count). The Morgan fingerprint density at radius 3 is 2.79 bits per heavy atom. The monoisotopic (exact) mass is 267 g/mol. The summed E-state index contributed by atoms with van der Waals surface area (Å²) in [6.07, 6.45) is -1.19. The van der Waals surface area contributed by atoms with Crippen LogP contribution < -0.4 is 0 Å². The fraction of sp³-hybridized carbons (Fsp3) is 0.364. The van der Waals surface area contributed by atoms with Gasteiger partial charge in [-0.25, -0.2) is 0 Å². The summed E-state index contributed by atoms with van der Waals surface area (Å²) >= 11 is 0. The van der Waals surface area contributed by atoms with Crippen LogP contribution in [0.4, 0.5) is 5.69 Å². The molecule has 0 amide bonds. The molecule has 19 heavy (non-hydrogen) atoms. The van der Waals surface area contributed by atoms with Crippen LogP contribution in [0.5, 0.6) is 0 Å². The second-order valence-corrected chi connectivity index (χ2v) is 4.15. The van der Waals surface area contributed by atoms with Gasteiger partial charge in [-0.3, -0.25) is 15.2 Å². The highest BCUT2D eigenvalue weighted by atomic mass is 16.6. The predicted octanol–water partition coefficient (Wildman–Crippen LogP) is 0.248. The van der Waals surface area contributed by atoms with Crippen LogP contribution in [-0.2, 0) is 0 Å². The van der Waals surface area contributed by atoms with Gasteiger partial charge in [0.2, 0.25) is 0 Å². The standard InChI is InChI=1S/C11H13N3O5/c15-2-1-10(16)11(17)6-3-8-7(5-12-13-8)9(4-6)14(18)19/h3-5,10-11,15-17H,1-2H2,(H,12,13). The third-order valence-electron chi connectivity index (χ3n) is 2.89. The zero-order valence-electron chi connectivity index (χ0n) is 9.85. The maximum absolute atomic E-state index is 11.0. The number of aliphatic hydroxyl groups is 3. The van der Waals surface area contributed by atoms with Crippen molar-refractivity contribution >= 4 is 16.6 Å². The van der Waals surface area contributed by atoms with Crippen LogP contribution in [0.15, 0.2) is 18.3 Å². The molecule has 2 atom stereocenters. The SMILES string of the molecule is O=[N+]([O-])c1cc(C(O)C(O)CCO)cc2[nH]ncc12. The lowest BCUT2D eigenvalue weighted by atomic mass is 10.0. The molecule has 0 aliphatic heterocycles. The van der Waals surface area contributed by atoms with Gasteiger partial charge in [-0.2, -0.15) is 5.10 Å². The van der Waals surface area contributed by atoms with Gasteiger partial charge in [0.05, 0.1) is 28.1 Å². The van der Waals surface area contributed by atoms with E-state index in [4.69, 9.17) is 5.11 Å². The molecule has 0 radical (unpaired) electrons. The van der Waals surface area contributed by atoms with E-state index in [0.29, 0.717) is 10.9 Å². The summed E-state index contributed by atoms with van der Waals surface area (Å²) in [5.41, 5.74) is 0.403. The number of aromatic nitrogens is 2. The first-order valence-electron chi connectivity index (χ1n) is 5.63. The van der Waals surface area contributed by atoms with Gasteiger partial charge < -0.3 is 15.3 Å². The summed E-state index contributed by atoms with van der Waals surface area (Å²) in [5.74, 6) is 0. The van der Waals surface area contributed by atoms with E-state index in [1.165, 1.54) is 18.3 Å². The summed E-state index contributed by atoms with van der Waals surface area (Å²) in [6, 6.07) is 2.68. The summed E-state index contributed by atoms with van der Waals surface area (Å²) in [4.78, 5) is 10.4. The van der Waals surface area contributed by atoms with Crippen molar-refractivity contribution in [3.63, 3.8) is 0 Å². The molecular weight excluding hydrogens is 254 g/mol. The Kier molecular flexibility index (Phi) is 3.74. The predicted molar refractivity (Wildman–Crippen MR) is 65.4 cm³/mol. The Morgan fingerprint density at radius 2 is 2.16 bits per heavy atom. The van der Waals surface area contributed by atoms with Crippen LogP contribution in [0.25, 0.3) is 10.9 Å². The van der Waals surface area contributed by atoms with Crippen LogP contribution in [0.2, 0.25) is 0 Å². The van der Waals surface area contributed by atoms with Crippen LogP contribution >= 0.6 is 0 Å². The number of nitrogens with one attached hydrogen (secondary N) is 1. The molecule has 1 heterocycles. The van der Waals surface area contributed by atoms with E-state index in [1.807, 2.05) is 0 Å². The van der Waals surface area contributed by atoms with E-state index in [0.717, 1.165) is 0 Å². The molecule has 1 aromatic carbocycles. The Labute approximate surface area is 107 Å². The van der Waals surface area contributed by atoms with E-state index in [1.54, 1.807) is 0 Å². The van der Waals surface area contributed by atoms with Gasteiger partial charge in [-0.05, 0) is 18.1 Å². The van der Waals surface area contributed by atoms with Crippen molar-refractivity contribution < 1.29 is 20.2 Å². The number of aromatic amines is 1. The zero-order chi connectivity index (χ0) is 14.0. The Morgan fingerprint density at radius 1 is 1.42 bits per heavy atom. The molecule has 4 N–H and O–H groups in total. The van der Waals surface area contributed by atoms with Crippen molar-refractivity contribution in [2.75, 3.05) is 6.61 Å². The Balaban J connectivity index is 2.46. The first kappa shape index (κ1) is 13.4. The number of H-pyrrole nitrogens is 1. The second-order valence-electron chi connectivity index (χ2n) is 4.15. The summed E-state index contributed by atoms with van der Waals surface area (Å²) in [5, 5.41) is 45.8. The molecule has 0 bridgehead atoms. The van der Waals surface area contributed by atoms with Gasteiger partial charge in [-0.15, -0.1) is 0 Å². The third-order valence-corrected chi connectivity index (χ3v) is 2.89. The molecule has 0 fully saturated rings. The maximum atomic E-state index is 11.0. The molecular formula is C11H13N3O5. The van der Waals surface area contributed by atoms with Crippen molar-refractivity contribution in [1.29, 1.82) is 0 Å². The van der Waals surface area contributed by atoms with E-state index in [9.17, 15) is 20.3 Å². The van der Waals surface area contributed by atoms with Crippen LogP contribution in [-0.4, -0.2) is 43.2 Å². The molecule has 0 aliphatic rings. The van der Waals surface area contributed by atoms with E-state index < -0.39 is 17.1 Å². The van der Waals surface area contributed by atoms with Crippen LogP contribution in [0, 0.1) is 10.1 Å². The van der Waals surface area contributed by atoms with E-state index in [-0.39, 0.29) is 24.3 Å². The minimum atomic E-state index is -1.31.